The summed E-state index contributed by atoms with van der Waals surface area (Å²) in [4.78, 5) is 12.8. The van der Waals surface area contributed by atoms with Crippen molar-refractivity contribution in [3.05, 3.63) is 24.1 Å². The standard InChI is InChI=1S/C22H40N2O4/c1-8-11-28-19(21(3,4)16-26-7)14-17(2)24-20(25)22(5,6)23-15-18-9-12-27-13-10-18/h14,18,23H,2,8-13,15-16H2,1,3-7H3,(H,24,25). The van der Waals surface area contributed by atoms with Crippen molar-refractivity contribution in [3.8, 4) is 0 Å². The van der Waals surface area contributed by atoms with Gasteiger partial charge in [-0.3, -0.25) is 4.79 Å². The van der Waals surface area contributed by atoms with Crippen LogP contribution in [0, 0.1) is 11.3 Å². The highest BCUT2D eigenvalue weighted by atomic mass is 16.5. The van der Waals surface area contributed by atoms with Crippen LogP contribution in [0.2, 0.25) is 0 Å². The van der Waals surface area contributed by atoms with E-state index in [4.69, 9.17) is 14.2 Å². The Balaban J connectivity index is 2.69. The summed E-state index contributed by atoms with van der Waals surface area (Å²) in [6.07, 6.45) is 4.78. The second kappa shape index (κ2) is 11.6. The first-order chi connectivity index (χ1) is 13.1. The number of hydrogen-bond acceptors (Lipinski definition) is 5. The van der Waals surface area contributed by atoms with Gasteiger partial charge in [0.25, 0.3) is 0 Å². The predicted octanol–water partition coefficient (Wildman–Crippen LogP) is 3.39. The zero-order chi connectivity index (χ0) is 21.2. The molecule has 0 aliphatic carbocycles. The molecule has 162 valence electrons. The second-order valence-corrected chi connectivity index (χ2v) is 8.71. The van der Waals surface area contributed by atoms with Crippen molar-refractivity contribution >= 4 is 5.91 Å². The summed E-state index contributed by atoms with van der Waals surface area (Å²) < 4.78 is 16.6. The van der Waals surface area contributed by atoms with Gasteiger partial charge < -0.3 is 24.8 Å². The Morgan fingerprint density at radius 3 is 2.46 bits per heavy atom. The predicted molar refractivity (Wildman–Crippen MR) is 113 cm³/mol. The Hall–Kier alpha value is -1.37. The topological polar surface area (TPSA) is 68.8 Å². The number of allylic oxidation sites excluding steroid dienone is 1. The van der Waals surface area contributed by atoms with Crippen molar-refractivity contribution in [2.45, 2.75) is 59.4 Å². The molecule has 0 aromatic carbocycles. The summed E-state index contributed by atoms with van der Waals surface area (Å²) >= 11 is 0. The molecule has 0 unspecified atom stereocenters. The Morgan fingerprint density at radius 1 is 1.25 bits per heavy atom. The second-order valence-electron chi connectivity index (χ2n) is 8.71. The minimum Gasteiger partial charge on any atom is -0.497 e. The quantitative estimate of drug-likeness (QED) is 0.391. The van der Waals surface area contributed by atoms with E-state index in [1.807, 2.05) is 27.7 Å². The Morgan fingerprint density at radius 2 is 1.89 bits per heavy atom. The number of carbonyl (C=O) groups is 1. The number of rotatable bonds is 12. The van der Waals surface area contributed by atoms with Crippen LogP contribution in [-0.4, -0.2) is 51.5 Å². The van der Waals surface area contributed by atoms with Crippen molar-refractivity contribution in [3.63, 3.8) is 0 Å². The number of methoxy groups -OCH3 is 1. The first-order valence-corrected chi connectivity index (χ1v) is 10.3. The molecule has 6 nitrogen and oxygen atoms in total. The fraction of sp³-hybridized carbons (Fsp3) is 0.773. The molecule has 1 aliphatic rings. The van der Waals surface area contributed by atoms with Crippen LogP contribution >= 0.6 is 0 Å². The Kier molecular flexibility index (Phi) is 10.2. The molecule has 1 heterocycles. The van der Waals surface area contributed by atoms with Crippen LogP contribution < -0.4 is 10.6 Å². The lowest BCUT2D eigenvalue weighted by Crippen LogP contribution is -2.53. The first kappa shape index (κ1) is 24.7. The van der Waals surface area contributed by atoms with Crippen LogP contribution in [0.1, 0.15) is 53.9 Å². The van der Waals surface area contributed by atoms with Crippen molar-refractivity contribution in [1.29, 1.82) is 0 Å². The van der Waals surface area contributed by atoms with Crippen molar-refractivity contribution in [2.24, 2.45) is 11.3 Å². The van der Waals surface area contributed by atoms with Crippen molar-refractivity contribution in [1.82, 2.24) is 10.6 Å². The zero-order valence-electron chi connectivity index (χ0n) is 18.7. The van der Waals surface area contributed by atoms with E-state index in [1.54, 1.807) is 13.2 Å². The Labute approximate surface area is 171 Å². The highest BCUT2D eigenvalue weighted by molar-refractivity contribution is 5.87. The van der Waals surface area contributed by atoms with Gasteiger partial charge in [-0.05, 0) is 51.6 Å². The van der Waals surface area contributed by atoms with E-state index in [-0.39, 0.29) is 11.3 Å². The smallest absolute Gasteiger partial charge is 0.244 e. The van der Waals surface area contributed by atoms with Gasteiger partial charge in [-0.1, -0.05) is 27.4 Å². The number of hydrogen-bond donors (Lipinski definition) is 2. The molecule has 2 N–H and O–H groups in total. The molecule has 0 saturated carbocycles. The van der Waals surface area contributed by atoms with Gasteiger partial charge in [-0.25, -0.2) is 0 Å². The molecule has 1 aliphatic heterocycles. The van der Waals surface area contributed by atoms with Gasteiger partial charge in [0.15, 0.2) is 0 Å². The van der Waals surface area contributed by atoms with E-state index in [1.165, 1.54) is 0 Å². The summed E-state index contributed by atoms with van der Waals surface area (Å²) in [5, 5.41) is 6.30. The highest BCUT2D eigenvalue weighted by Gasteiger charge is 2.30. The maximum atomic E-state index is 12.8. The molecule has 0 spiro atoms. The zero-order valence-corrected chi connectivity index (χ0v) is 18.7. The van der Waals surface area contributed by atoms with Gasteiger partial charge in [0.1, 0.15) is 5.76 Å². The lowest BCUT2D eigenvalue weighted by atomic mass is 9.91. The van der Waals surface area contributed by atoms with Crippen LogP contribution in [0.3, 0.4) is 0 Å². The van der Waals surface area contributed by atoms with E-state index < -0.39 is 5.54 Å². The van der Waals surface area contributed by atoms with Crippen LogP contribution in [0.15, 0.2) is 24.1 Å². The van der Waals surface area contributed by atoms with E-state index >= 15 is 0 Å². The number of ether oxygens (including phenoxy) is 3. The van der Waals surface area contributed by atoms with E-state index in [2.05, 4.69) is 24.1 Å². The largest absolute Gasteiger partial charge is 0.497 e. The van der Waals surface area contributed by atoms with E-state index in [0.29, 0.717) is 24.8 Å². The van der Waals surface area contributed by atoms with Gasteiger partial charge in [0, 0.05) is 31.4 Å². The molecule has 28 heavy (non-hydrogen) atoms. The third-order valence-electron chi connectivity index (χ3n) is 4.95. The lowest BCUT2D eigenvalue weighted by molar-refractivity contribution is -0.125. The van der Waals surface area contributed by atoms with Gasteiger partial charge in [-0.2, -0.15) is 0 Å². The fourth-order valence-electron chi connectivity index (χ4n) is 3.00. The highest BCUT2D eigenvalue weighted by Crippen LogP contribution is 2.28. The maximum absolute atomic E-state index is 12.8. The summed E-state index contributed by atoms with van der Waals surface area (Å²) in [6.45, 7) is 17.5. The molecule has 6 heteroatoms. The third-order valence-corrected chi connectivity index (χ3v) is 4.95. The summed E-state index contributed by atoms with van der Waals surface area (Å²) in [7, 11) is 1.67. The molecule has 1 fully saturated rings. The molecule has 0 aromatic rings. The number of carbonyl (C=O) groups excluding carboxylic acids is 1. The number of nitrogens with one attached hydrogen (secondary N) is 2. The molecule has 1 amide bonds. The number of amides is 1. The SMILES string of the molecule is C=C(C=C(OCCC)C(C)(C)COC)NC(=O)C(C)(C)NCC1CCOCC1. The minimum absolute atomic E-state index is 0.111. The molecule has 0 bridgehead atoms. The van der Waals surface area contributed by atoms with Gasteiger partial charge in [-0.15, -0.1) is 0 Å². The minimum atomic E-state index is -0.693. The summed E-state index contributed by atoms with van der Waals surface area (Å²) in [6, 6.07) is 0. The van der Waals surface area contributed by atoms with Crippen LogP contribution in [-0.2, 0) is 19.0 Å². The van der Waals surface area contributed by atoms with Gasteiger partial charge in [0.2, 0.25) is 5.91 Å². The van der Waals surface area contributed by atoms with E-state index in [0.717, 1.165) is 44.8 Å². The Bertz CT molecular complexity index is 535. The molecule has 0 radical (unpaired) electrons. The fourth-order valence-corrected chi connectivity index (χ4v) is 3.00. The molecule has 1 rings (SSSR count). The lowest BCUT2D eigenvalue weighted by Gasteiger charge is -2.30. The maximum Gasteiger partial charge on any atom is 0.244 e. The molecule has 1 saturated heterocycles. The van der Waals surface area contributed by atoms with Gasteiger partial charge >= 0.3 is 0 Å². The molecular formula is C22H40N2O4. The molecule has 0 atom stereocenters. The average Bonchev–Trinajstić information content (AvgIpc) is 2.64. The first-order valence-electron chi connectivity index (χ1n) is 10.3. The van der Waals surface area contributed by atoms with Crippen LogP contribution in [0.4, 0.5) is 0 Å². The monoisotopic (exact) mass is 396 g/mol. The molecular weight excluding hydrogens is 356 g/mol. The summed E-state index contributed by atoms with van der Waals surface area (Å²) in [5.74, 6) is 1.20. The third kappa shape index (κ3) is 8.33. The van der Waals surface area contributed by atoms with Crippen LogP contribution in [0.25, 0.3) is 0 Å². The normalized spacial score (nSPS) is 16.7. The van der Waals surface area contributed by atoms with Crippen molar-refractivity contribution in [2.75, 3.05) is 40.1 Å². The van der Waals surface area contributed by atoms with Crippen LogP contribution in [0.5, 0.6) is 0 Å². The average molecular weight is 397 g/mol. The van der Waals surface area contributed by atoms with Crippen molar-refractivity contribution < 1.29 is 19.0 Å². The summed E-state index contributed by atoms with van der Waals surface area (Å²) in [5.41, 5.74) is -0.489. The van der Waals surface area contributed by atoms with Gasteiger partial charge in [0.05, 0.1) is 18.8 Å². The molecule has 0 aromatic heterocycles. The van der Waals surface area contributed by atoms with E-state index in [9.17, 15) is 4.79 Å².